The van der Waals surface area contributed by atoms with E-state index in [0.29, 0.717) is 43.4 Å². The number of aryl methyl sites for hydroxylation is 1. The fraction of sp³-hybridized carbons (Fsp3) is 0.261. The molecular weight excluding hydrogens is 402 g/mol. The third-order valence-corrected chi connectivity index (χ3v) is 5.24. The van der Waals surface area contributed by atoms with Crippen LogP contribution in [0, 0.1) is 24.5 Å². The Hall–Kier alpha value is -3.55. The average Bonchev–Trinajstić information content (AvgIpc) is 2.78. The van der Waals surface area contributed by atoms with Crippen molar-refractivity contribution in [1.82, 2.24) is 9.97 Å². The zero-order chi connectivity index (χ0) is 21.8. The normalized spacial score (nSPS) is 14.4. The minimum absolute atomic E-state index is 0.0171. The van der Waals surface area contributed by atoms with E-state index in [4.69, 9.17) is 4.74 Å². The Morgan fingerprint density at radius 3 is 2.48 bits per heavy atom. The Balaban J connectivity index is 1.39. The van der Waals surface area contributed by atoms with Crippen LogP contribution in [0.2, 0.25) is 0 Å². The maximum absolute atomic E-state index is 13.8. The van der Waals surface area contributed by atoms with Gasteiger partial charge in [-0.3, -0.25) is 4.79 Å². The number of carbonyl (C=O) groups excluding carboxylic acids is 1. The van der Waals surface area contributed by atoms with Crippen LogP contribution in [0.5, 0.6) is 11.6 Å². The van der Waals surface area contributed by atoms with Crippen molar-refractivity contribution in [3.05, 3.63) is 72.1 Å². The van der Waals surface area contributed by atoms with E-state index in [9.17, 15) is 13.6 Å². The van der Waals surface area contributed by atoms with Crippen molar-refractivity contribution in [2.75, 3.05) is 23.3 Å². The summed E-state index contributed by atoms with van der Waals surface area (Å²) in [4.78, 5) is 23.3. The molecular formula is C23H22F2N4O2. The van der Waals surface area contributed by atoms with Gasteiger partial charge in [0.2, 0.25) is 5.91 Å². The number of aromatic nitrogens is 2. The molecule has 1 aromatic heterocycles. The number of nitrogens with zero attached hydrogens (tertiary/aromatic N) is 3. The molecule has 8 heteroatoms. The standard InChI is InChI=1S/C23H22F2N4O2/c1-15-2-5-18(6-3-15)31-23-21(26-10-11-27-23)29-12-8-16(9-13-29)22(30)28-20-7-4-17(24)14-19(20)25/h2-7,10-11,14,16H,8-9,12-13H2,1H3,(H,28,30). The number of ether oxygens (including phenoxy) is 1. The summed E-state index contributed by atoms with van der Waals surface area (Å²) in [6.07, 6.45) is 4.31. The predicted octanol–water partition coefficient (Wildman–Crippen LogP) is 4.71. The summed E-state index contributed by atoms with van der Waals surface area (Å²) in [6.45, 7) is 3.15. The van der Waals surface area contributed by atoms with Crippen molar-refractivity contribution in [1.29, 1.82) is 0 Å². The number of piperidine rings is 1. The molecule has 1 amide bonds. The topological polar surface area (TPSA) is 67.4 Å². The quantitative estimate of drug-likeness (QED) is 0.643. The van der Waals surface area contributed by atoms with Crippen molar-refractivity contribution in [2.45, 2.75) is 19.8 Å². The van der Waals surface area contributed by atoms with E-state index in [0.717, 1.165) is 17.7 Å². The zero-order valence-electron chi connectivity index (χ0n) is 17.0. The Labute approximate surface area is 178 Å². The van der Waals surface area contributed by atoms with Gasteiger partial charge in [-0.25, -0.2) is 18.7 Å². The molecule has 160 valence electrons. The van der Waals surface area contributed by atoms with Crippen molar-refractivity contribution < 1.29 is 18.3 Å². The number of nitrogens with one attached hydrogen (secondary N) is 1. The van der Waals surface area contributed by atoms with Crippen molar-refractivity contribution >= 4 is 17.4 Å². The van der Waals surface area contributed by atoms with Gasteiger partial charge >= 0.3 is 0 Å². The van der Waals surface area contributed by atoms with Crippen molar-refractivity contribution in [2.24, 2.45) is 5.92 Å². The van der Waals surface area contributed by atoms with Crippen LogP contribution in [-0.2, 0) is 4.79 Å². The highest BCUT2D eigenvalue weighted by atomic mass is 19.1. The van der Waals surface area contributed by atoms with Crippen LogP contribution in [0.4, 0.5) is 20.3 Å². The number of halogens is 2. The second-order valence-corrected chi connectivity index (χ2v) is 7.47. The lowest BCUT2D eigenvalue weighted by molar-refractivity contribution is -0.120. The summed E-state index contributed by atoms with van der Waals surface area (Å²) >= 11 is 0. The van der Waals surface area contributed by atoms with E-state index < -0.39 is 11.6 Å². The van der Waals surface area contributed by atoms with E-state index in [-0.39, 0.29) is 17.5 Å². The lowest BCUT2D eigenvalue weighted by Gasteiger charge is -2.32. The molecule has 0 bridgehead atoms. The molecule has 1 fully saturated rings. The third-order valence-electron chi connectivity index (χ3n) is 5.24. The molecule has 0 unspecified atom stereocenters. The van der Waals surface area contributed by atoms with Gasteiger partial charge in [-0.05, 0) is 44.0 Å². The van der Waals surface area contributed by atoms with E-state index in [2.05, 4.69) is 15.3 Å². The highest BCUT2D eigenvalue weighted by molar-refractivity contribution is 5.92. The van der Waals surface area contributed by atoms with Crippen molar-refractivity contribution in [3.63, 3.8) is 0 Å². The fourth-order valence-corrected chi connectivity index (χ4v) is 3.50. The first-order valence-corrected chi connectivity index (χ1v) is 10.1. The van der Waals surface area contributed by atoms with E-state index >= 15 is 0 Å². The highest BCUT2D eigenvalue weighted by Gasteiger charge is 2.28. The summed E-state index contributed by atoms with van der Waals surface area (Å²) in [5.74, 6) is -0.337. The molecule has 1 aliphatic rings. The first kappa shape index (κ1) is 20.7. The van der Waals surface area contributed by atoms with Gasteiger partial charge in [-0.2, -0.15) is 0 Å². The molecule has 6 nitrogen and oxygen atoms in total. The average molecular weight is 424 g/mol. The van der Waals surface area contributed by atoms with Gasteiger partial charge in [0, 0.05) is 37.5 Å². The molecule has 0 spiro atoms. The maximum atomic E-state index is 13.8. The second kappa shape index (κ2) is 9.07. The second-order valence-electron chi connectivity index (χ2n) is 7.47. The van der Waals surface area contributed by atoms with Crippen LogP contribution in [0.25, 0.3) is 0 Å². The van der Waals surface area contributed by atoms with Gasteiger partial charge in [0.25, 0.3) is 5.88 Å². The van der Waals surface area contributed by atoms with Gasteiger partial charge in [-0.15, -0.1) is 0 Å². The first-order valence-electron chi connectivity index (χ1n) is 10.1. The predicted molar refractivity (Wildman–Crippen MR) is 113 cm³/mol. The monoisotopic (exact) mass is 424 g/mol. The Morgan fingerprint density at radius 2 is 1.77 bits per heavy atom. The van der Waals surface area contributed by atoms with Crippen LogP contribution in [-0.4, -0.2) is 29.0 Å². The Kier molecular flexibility index (Phi) is 6.06. The number of anilines is 2. The minimum atomic E-state index is -0.789. The van der Waals surface area contributed by atoms with E-state index in [1.807, 2.05) is 36.1 Å². The van der Waals surface area contributed by atoms with Gasteiger partial charge in [-0.1, -0.05) is 17.7 Å². The summed E-state index contributed by atoms with van der Waals surface area (Å²) in [5.41, 5.74) is 1.11. The molecule has 2 aromatic carbocycles. The SMILES string of the molecule is Cc1ccc(Oc2nccnc2N2CCC(C(=O)Nc3ccc(F)cc3F)CC2)cc1. The molecule has 2 heterocycles. The van der Waals surface area contributed by atoms with Crippen molar-refractivity contribution in [3.8, 4) is 11.6 Å². The number of hydrogen-bond acceptors (Lipinski definition) is 5. The minimum Gasteiger partial charge on any atom is -0.436 e. The van der Waals surface area contributed by atoms with Gasteiger partial charge in [0.15, 0.2) is 5.82 Å². The number of amides is 1. The smallest absolute Gasteiger partial charge is 0.263 e. The van der Waals surface area contributed by atoms with E-state index in [1.165, 1.54) is 6.07 Å². The van der Waals surface area contributed by atoms with E-state index in [1.54, 1.807) is 12.4 Å². The first-order chi connectivity index (χ1) is 15.0. The number of benzene rings is 2. The third kappa shape index (κ3) is 4.96. The summed E-state index contributed by atoms with van der Waals surface area (Å²) < 4.78 is 32.8. The molecule has 1 saturated heterocycles. The van der Waals surface area contributed by atoms with Crippen LogP contribution in [0.15, 0.2) is 54.9 Å². The number of rotatable bonds is 5. The molecule has 4 rings (SSSR count). The zero-order valence-corrected chi connectivity index (χ0v) is 17.0. The molecule has 1 aliphatic heterocycles. The summed E-state index contributed by atoms with van der Waals surface area (Å²) in [5, 5.41) is 2.56. The molecule has 0 atom stereocenters. The van der Waals surface area contributed by atoms with Crippen LogP contribution >= 0.6 is 0 Å². The van der Waals surface area contributed by atoms with Crippen LogP contribution in [0.1, 0.15) is 18.4 Å². The van der Waals surface area contributed by atoms with Gasteiger partial charge < -0.3 is 15.0 Å². The molecule has 0 radical (unpaired) electrons. The van der Waals surface area contributed by atoms with Crippen LogP contribution < -0.4 is 15.0 Å². The molecule has 1 N–H and O–H groups in total. The molecule has 0 aliphatic carbocycles. The summed E-state index contributed by atoms with van der Waals surface area (Å²) in [7, 11) is 0. The molecule has 31 heavy (non-hydrogen) atoms. The van der Waals surface area contributed by atoms with Gasteiger partial charge in [0.05, 0.1) is 5.69 Å². The maximum Gasteiger partial charge on any atom is 0.263 e. The Morgan fingerprint density at radius 1 is 1.06 bits per heavy atom. The largest absolute Gasteiger partial charge is 0.436 e. The Bertz CT molecular complexity index is 1070. The van der Waals surface area contributed by atoms with Gasteiger partial charge in [0.1, 0.15) is 17.4 Å². The lowest BCUT2D eigenvalue weighted by Crippen LogP contribution is -2.38. The number of carbonyl (C=O) groups is 1. The highest BCUT2D eigenvalue weighted by Crippen LogP contribution is 2.31. The molecule has 3 aromatic rings. The summed E-state index contributed by atoms with van der Waals surface area (Å²) in [6, 6.07) is 10.8. The number of hydrogen-bond donors (Lipinski definition) is 1. The fourth-order valence-electron chi connectivity index (χ4n) is 3.50. The molecule has 0 saturated carbocycles. The van der Waals surface area contributed by atoms with Crippen LogP contribution in [0.3, 0.4) is 0 Å². The lowest BCUT2D eigenvalue weighted by atomic mass is 9.96.